The van der Waals surface area contributed by atoms with E-state index in [-0.39, 0.29) is 15.6 Å². The molecule has 1 fully saturated rings. The summed E-state index contributed by atoms with van der Waals surface area (Å²) in [5.41, 5.74) is 0.0343. The highest BCUT2D eigenvalue weighted by Gasteiger charge is 2.38. The minimum absolute atomic E-state index is 0.0315. The first-order valence-corrected chi connectivity index (χ1v) is 11.7. The second kappa shape index (κ2) is 8.38. The lowest BCUT2D eigenvalue weighted by atomic mass is 10.2. The average molecular weight is 467 g/mol. The fourth-order valence-corrected chi connectivity index (χ4v) is 5.96. The molecule has 30 heavy (non-hydrogen) atoms. The molecule has 156 valence electrons. The monoisotopic (exact) mass is 466 g/mol. The van der Waals surface area contributed by atoms with Crippen LogP contribution in [0.2, 0.25) is 5.02 Å². The van der Waals surface area contributed by atoms with Gasteiger partial charge >= 0.3 is 0 Å². The van der Waals surface area contributed by atoms with Gasteiger partial charge in [-0.1, -0.05) is 35.1 Å². The lowest BCUT2D eigenvalue weighted by molar-refractivity contribution is 0.102. The van der Waals surface area contributed by atoms with E-state index in [0.29, 0.717) is 29.4 Å². The van der Waals surface area contributed by atoms with E-state index in [4.69, 9.17) is 11.6 Å². The van der Waals surface area contributed by atoms with Gasteiger partial charge < -0.3 is 5.32 Å². The maximum atomic E-state index is 13.8. The van der Waals surface area contributed by atoms with Gasteiger partial charge in [0.15, 0.2) is 0 Å². The van der Waals surface area contributed by atoms with Crippen LogP contribution in [0.3, 0.4) is 0 Å². The van der Waals surface area contributed by atoms with Crippen LogP contribution in [0.1, 0.15) is 33.7 Å². The van der Waals surface area contributed by atoms with Crippen molar-refractivity contribution in [2.45, 2.75) is 23.8 Å². The molecular formula is C19H16ClFN4O3S2. The molecule has 1 aliphatic rings. The molecule has 1 N–H and O–H groups in total. The molecule has 0 spiro atoms. The molecule has 0 bridgehead atoms. The van der Waals surface area contributed by atoms with Crippen molar-refractivity contribution in [3.8, 4) is 0 Å². The van der Waals surface area contributed by atoms with Crippen LogP contribution >= 0.6 is 22.9 Å². The first-order chi connectivity index (χ1) is 14.4. The minimum Gasteiger partial charge on any atom is -0.317 e. The van der Waals surface area contributed by atoms with Crippen molar-refractivity contribution in [2.24, 2.45) is 0 Å². The van der Waals surface area contributed by atoms with Gasteiger partial charge in [-0.05, 0) is 49.2 Å². The topological polar surface area (TPSA) is 92.3 Å². The predicted molar refractivity (Wildman–Crippen MR) is 112 cm³/mol. The molecule has 1 saturated heterocycles. The van der Waals surface area contributed by atoms with Crippen LogP contribution in [0.25, 0.3) is 0 Å². The highest BCUT2D eigenvalue weighted by atomic mass is 35.5. The van der Waals surface area contributed by atoms with E-state index < -0.39 is 27.8 Å². The van der Waals surface area contributed by atoms with Crippen molar-refractivity contribution in [3.05, 3.63) is 69.4 Å². The van der Waals surface area contributed by atoms with Gasteiger partial charge in [-0.25, -0.2) is 12.8 Å². The Hall–Kier alpha value is -2.40. The van der Waals surface area contributed by atoms with Gasteiger partial charge in [0, 0.05) is 11.6 Å². The molecule has 7 nitrogen and oxygen atoms in total. The van der Waals surface area contributed by atoms with Crippen molar-refractivity contribution in [2.75, 3.05) is 11.9 Å². The molecule has 2 heterocycles. The van der Waals surface area contributed by atoms with Crippen molar-refractivity contribution < 1.29 is 17.6 Å². The number of aromatic nitrogens is 2. The van der Waals surface area contributed by atoms with Crippen molar-refractivity contribution >= 4 is 44.6 Å². The van der Waals surface area contributed by atoms with Gasteiger partial charge in [-0.3, -0.25) is 4.79 Å². The molecule has 1 atom stereocenters. The molecule has 1 aliphatic heterocycles. The van der Waals surface area contributed by atoms with Crippen LogP contribution in [0, 0.1) is 5.82 Å². The summed E-state index contributed by atoms with van der Waals surface area (Å²) >= 11 is 6.86. The number of nitrogens with zero attached hydrogens (tertiary/aromatic N) is 3. The molecule has 11 heteroatoms. The van der Waals surface area contributed by atoms with Gasteiger partial charge in [0.25, 0.3) is 5.91 Å². The summed E-state index contributed by atoms with van der Waals surface area (Å²) in [6, 6.07) is 11.2. The van der Waals surface area contributed by atoms with Crippen molar-refractivity contribution in [1.29, 1.82) is 0 Å². The largest absolute Gasteiger partial charge is 0.317 e. The Morgan fingerprint density at radius 3 is 2.63 bits per heavy atom. The quantitative estimate of drug-likeness (QED) is 0.611. The number of carbonyl (C=O) groups excluding carboxylic acids is 1. The van der Waals surface area contributed by atoms with Crippen molar-refractivity contribution in [3.63, 3.8) is 0 Å². The summed E-state index contributed by atoms with van der Waals surface area (Å²) in [6.07, 6.45) is 1.23. The Bertz CT molecular complexity index is 1180. The molecule has 4 rings (SSSR count). The maximum absolute atomic E-state index is 13.8. The second-order valence-electron chi connectivity index (χ2n) is 6.61. The van der Waals surface area contributed by atoms with Crippen LogP contribution in [-0.4, -0.2) is 35.4 Å². The lowest BCUT2D eigenvalue weighted by Gasteiger charge is -2.22. The first-order valence-electron chi connectivity index (χ1n) is 9.03. The predicted octanol–water partition coefficient (Wildman–Crippen LogP) is 4.11. The van der Waals surface area contributed by atoms with Crippen LogP contribution < -0.4 is 5.32 Å². The van der Waals surface area contributed by atoms with Gasteiger partial charge in [-0.2, -0.15) is 4.31 Å². The van der Waals surface area contributed by atoms with E-state index in [1.807, 2.05) is 0 Å². The zero-order valence-electron chi connectivity index (χ0n) is 15.5. The summed E-state index contributed by atoms with van der Waals surface area (Å²) < 4.78 is 41.3. The molecule has 3 aromatic rings. The molecule has 0 aliphatic carbocycles. The van der Waals surface area contributed by atoms with E-state index in [1.165, 1.54) is 46.8 Å². The molecular weight excluding hydrogens is 451 g/mol. The summed E-state index contributed by atoms with van der Waals surface area (Å²) in [6.45, 7) is 0.339. The Morgan fingerprint density at radius 2 is 1.90 bits per heavy atom. The Labute approximate surface area is 181 Å². The Morgan fingerprint density at radius 1 is 1.17 bits per heavy atom. The van der Waals surface area contributed by atoms with E-state index in [2.05, 4.69) is 15.5 Å². The zero-order chi connectivity index (χ0) is 21.3. The SMILES string of the molecule is O=C(Nc1ccccc1F)c1nnc([C@H]2CCCN2S(=O)(=O)c2ccc(Cl)cc2)s1. The van der Waals surface area contributed by atoms with E-state index in [9.17, 15) is 17.6 Å². The van der Waals surface area contributed by atoms with Gasteiger partial charge in [0.05, 0.1) is 16.6 Å². The molecule has 0 unspecified atom stereocenters. The van der Waals surface area contributed by atoms with Crippen molar-refractivity contribution in [1.82, 2.24) is 14.5 Å². The van der Waals surface area contributed by atoms with Crippen LogP contribution in [0.4, 0.5) is 10.1 Å². The highest BCUT2D eigenvalue weighted by Crippen LogP contribution is 2.38. The zero-order valence-corrected chi connectivity index (χ0v) is 17.8. The van der Waals surface area contributed by atoms with E-state index >= 15 is 0 Å². The summed E-state index contributed by atoms with van der Waals surface area (Å²) in [5, 5.41) is 11.3. The number of amides is 1. The molecule has 2 aromatic carbocycles. The van der Waals surface area contributed by atoms with Gasteiger partial charge in [0.1, 0.15) is 10.8 Å². The number of rotatable bonds is 5. The molecule has 1 amide bonds. The third kappa shape index (κ3) is 4.08. The normalized spacial score (nSPS) is 17.2. The number of anilines is 1. The van der Waals surface area contributed by atoms with Crippen LogP contribution in [0.15, 0.2) is 53.4 Å². The van der Waals surface area contributed by atoms with E-state index in [1.54, 1.807) is 6.07 Å². The number of para-hydroxylation sites is 1. The molecule has 0 radical (unpaired) electrons. The number of halogens is 2. The smallest absolute Gasteiger partial charge is 0.286 e. The number of carbonyl (C=O) groups is 1. The minimum atomic E-state index is -3.75. The summed E-state index contributed by atoms with van der Waals surface area (Å²) in [7, 11) is -3.75. The third-order valence-corrected chi connectivity index (χ3v) is 7.86. The first kappa shape index (κ1) is 20.9. The average Bonchev–Trinajstić information content (AvgIpc) is 3.40. The highest BCUT2D eigenvalue weighted by molar-refractivity contribution is 7.89. The number of nitrogens with one attached hydrogen (secondary N) is 1. The lowest BCUT2D eigenvalue weighted by Crippen LogP contribution is -2.30. The standard InChI is InChI=1S/C19H16ClFN4O3S2/c20-12-7-9-13(10-8-12)30(27,28)25-11-3-6-16(25)18-23-24-19(29-18)17(26)22-15-5-2-1-4-14(15)21/h1-2,4-5,7-10,16H,3,6,11H2,(H,22,26)/t16-/m1/s1. The Kier molecular flexibility index (Phi) is 5.83. The van der Waals surface area contributed by atoms with Gasteiger partial charge in [-0.15, -0.1) is 10.2 Å². The fraction of sp³-hybridized carbons (Fsp3) is 0.211. The second-order valence-corrected chi connectivity index (χ2v) is 9.94. The molecule has 0 saturated carbocycles. The number of hydrogen-bond acceptors (Lipinski definition) is 6. The van der Waals surface area contributed by atoms with Crippen LogP contribution in [0.5, 0.6) is 0 Å². The molecule has 1 aromatic heterocycles. The summed E-state index contributed by atoms with van der Waals surface area (Å²) in [4.78, 5) is 12.6. The van der Waals surface area contributed by atoms with Crippen LogP contribution in [-0.2, 0) is 10.0 Å². The van der Waals surface area contributed by atoms with Gasteiger partial charge in [0.2, 0.25) is 15.0 Å². The third-order valence-electron chi connectivity index (χ3n) is 4.67. The Balaban J connectivity index is 1.55. The maximum Gasteiger partial charge on any atom is 0.286 e. The number of hydrogen-bond donors (Lipinski definition) is 1. The summed E-state index contributed by atoms with van der Waals surface area (Å²) in [5.74, 6) is -1.17. The number of benzene rings is 2. The number of sulfonamides is 1. The van der Waals surface area contributed by atoms with E-state index in [0.717, 1.165) is 11.3 Å². The fourth-order valence-electron chi connectivity index (χ4n) is 3.22.